The number of likely N-dealkylation sites (tertiary alicyclic amines) is 1. The Hall–Kier alpha value is -2.04. The molecular weight excluding hydrogens is 459 g/mol. The summed E-state index contributed by atoms with van der Waals surface area (Å²) < 4.78 is 22.0. The quantitative estimate of drug-likeness (QED) is 0.423. The molecule has 0 radical (unpaired) electrons. The molecule has 3 aliphatic heterocycles. The van der Waals surface area contributed by atoms with Crippen molar-refractivity contribution in [2.75, 3.05) is 13.1 Å². The van der Waals surface area contributed by atoms with Crippen LogP contribution < -0.4 is 0 Å². The molecule has 2 aliphatic carbocycles. The maximum absolute atomic E-state index is 14.7. The summed E-state index contributed by atoms with van der Waals surface area (Å²) in [5.74, 6) is 1.06. The van der Waals surface area contributed by atoms with Crippen molar-refractivity contribution in [1.29, 1.82) is 0 Å². The number of allylic oxidation sites excluding steroid dienone is 1. The Balaban J connectivity index is 1.14. The molecule has 1 saturated carbocycles. The van der Waals surface area contributed by atoms with Crippen LogP contribution in [0.5, 0.6) is 0 Å². The van der Waals surface area contributed by atoms with Gasteiger partial charge in [-0.15, -0.1) is 0 Å². The molecule has 3 unspecified atom stereocenters. The highest BCUT2D eigenvalue weighted by Gasteiger charge is 2.59. The van der Waals surface area contributed by atoms with Gasteiger partial charge in [0.2, 0.25) is 0 Å². The van der Waals surface area contributed by atoms with E-state index in [9.17, 15) is 4.39 Å². The number of hydrogen-bond donors (Lipinski definition) is 0. The van der Waals surface area contributed by atoms with Gasteiger partial charge in [-0.05, 0) is 117 Å². The summed E-state index contributed by atoms with van der Waals surface area (Å²) in [4.78, 5) is 6.78. The van der Waals surface area contributed by atoms with Crippen molar-refractivity contribution < 1.29 is 9.13 Å². The predicted octanol–water partition coefficient (Wildman–Crippen LogP) is 7.67. The topological polar surface area (TPSA) is 25.4 Å². The van der Waals surface area contributed by atoms with E-state index in [1.54, 1.807) is 6.92 Å². The van der Waals surface area contributed by atoms with Crippen LogP contribution in [-0.2, 0) is 4.74 Å². The third kappa shape index (κ3) is 4.01. The molecule has 0 amide bonds. The predicted molar refractivity (Wildman–Crippen MR) is 147 cm³/mol. The van der Waals surface area contributed by atoms with E-state index < -0.39 is 5.67 Å². The molecule has 4 heteroatoms. The first kappa shape index (κ1) is 24.0. The van der Waals surface area contributed by atoms with E-state index in [1.807, 2.05) is 12.4 Å². The molecule has 37 heavy (non-hydrogen) atoms. The minimum Gasteiger partial charge on any atom is -0.359 e. The zero-order valence-corrected chi connectivity index (χ0v) is 22.5. The first-order chi connectivity index (χ1) is 17.9. The zero-order chi connectivity index (χ0) is 25.3. The van der Waals surface area contributed by atoms with Crippen molar-refractivity contribution >= 4 is 10.8 Å². The van der Waals surface area contributed by atoms with Gasteiger partial charge in [-0.25, -0.2) is 4.39 Å². The van der Waals surface area contributed by atoms with Crippen LogP contribution in [0.25, 0.3) is 10.8 Å². The number of rotatable bonds is 2. The maximum Gasteiger partial charge on any atom is 0.122 e. The number of ether oxygens (including phenoxy) is 1. The van der Waals surface area contributed by atoms with Gasteiger partial charge in [-0.1, -0.05) is 31.2 Å². The average molecular weight is 501 g/mol. The smallest absolute Gasteiger partial charge is 0.122 e. The minimum absolute atomic E-state index is 0.122. The van der Waals surface area contributed by atoms with Crippen molar-refractivity contribution in [3.63, 3.8) is 0 Å². The van der Waals surface area contributed by atoms with Crippen molar-refractivity contribution in [2.45, 2.75) is 107 Å². The van der Waals surface area contributed by atoms with Gasteiger partial charge in [0.1, 0.15) is 5.67 Å². The van der Waals surface area contributed by atoms with Gasteiger partial charge in [0.25, 0.3) is 0 Å². The van der Waals surface area contributed by atoms with Crippen LogP contribution in [0.1, 0.15) is 89.5 Å². The van der Waals surface area contributed by atoms with E-state index in [1.165, 1.54) is 46.7 Å². The SMILES string of the molecule is C[C@H]1CCC(c2ccc3ccncc3c2)CC/C=C2/C=C3CCC(N4CCC(C)(F)C4)C[C@]34CC[C@@]21O4. The van der Waals surface area contributed by atoms with Gasteiger partial charge in [0.05, 0.1) is 11.2 Å². The highest BCUT2D eigenvalue weighted by atomic mass is 19.1. The number of alkyl halides is 1. The Bertz CT molecular complexity index is 1270. The van der Waals surface area contributed by atoms with E-state index >= 15 is 0 Å². The largest absolute Gasteiger partial charge is 0.359 e. The lowest BCUT2D eigenvalue weighted by atomic mass is 9.74. The second kappa shape index (κ2) is 8.74. The van der Waals surface area contributed by atoms with Crippen LogP contribution in [0.15, 0.2) is 60.0 Å². The minimum atomic E-state index is -1.03. The molecule has 0 N–H and O–H groups in total. The average Bonchev–Trinajstić information content (AvgIpc) is 3.44. The van der Waals surface area contributed by atoms with Crippen molar-refractivity contribution in [2.24, 2.45) is 5.92 Å². The molecular formula is C33H41FN2O. The summed E-state index contributed by atoms with van der Waals surface area (Å²) in [7, 11) is 0. The van der Waals surface area contributed by atoms with Gasteiger partial charge < -0.3 is 4.74 Å². The molecule has 3 nitrogen and oxygen atoms in total. The lowest BCUT2D eigenvalue weighted by molar-refractivity contribution is -0.117. The van der Waals surface area contributed by atoms with E-state index in [0.717, 1.165) is 45.1 Å². The molecule has 2 saturated heterocycles. The van der Waals surface area contributed by atoms with Gasteiger partial charge >= 0.3 is 0 Å². The fraction of sp³-hybridized carbons (Fsp3) is 0.606. The number of hydrogen-bond acceptors (Lipinski definition) is 3. The molecule has 2 aromatic rings. The Labute approximate surface area is 221 Å². The van der Waals surface area contributed by atoms with Crippen molar-refractivity contribution in [1.82, 2.24) is 9.88 Å². The number of halogens is 1. The lowest BCUT2D eigenvalue weighted by Crippen LogP contribution is -2.51. The highest BCUT2D eigenvalue weighted by Crippen LogP contribution is 2.59. The number of fused-ring (bicyclic) bond motifs is 1. The fourth-order valence-electron chi connectivity index (χ4n) is 8.49. The van der Waals surface area contributed by atoms with Crippen LogP contribution in [0.4, 0.5) is 4.39 Å². The summed E-state index contributed by atoms with van der Waals surface area (Å²) in [6.45, 7) is 5.70. The van der Waals surface area contributed by atoms with E-state index in [-0.39, 0.29) is 11.2 Å². The summed E-state index contributed by atoms with van der Waals surface area (Å²) in [6.07, 6.45) is 19.8. The number of benzene rings is 1. The molecule has 196 valence electrons. The number of aromatic nitrogens is 1. The molecule has 4 heterocycles. The Kier molecular flexibility index (Phi) is 5.68. The normalized spacial score (nSPS) is 41.6. The first-order valence-electron chi connectivity index (χ1n) is 14.7. The van der Waals surface area contributed by atoms with Crippen molar-refractivity contribution in [3.05, 3.63) is 65.5 Å². The highest BCUT2D eigenvalue weighted by molar-refractivity contribution is 5.82. The van der Waals surface area contributed by atoms with Crippen LogP contribution in [0.2, 0.25) is 0 Å². The molecule has 5 aliphatic rings. The zero-order valence-electron chi connectivity index (χ0n) is 22.5. The van der Waals surface area contributed by atoms with E-state index in [0.29, 0.717) is 30.8 Å². The maximum atomic E-state index is 14.7. The lowest BCUT2D eigenvalue weighted by Gasteiger charge is -2.49. The van der Waals surface area contributed by atoms with E-state index in [4.69, 9.17) is 4.74 Å². The van der Waals surface area contributed by atoms with Gasteiger partial charge in [-0.2, -0.15) is 0 Å². The summed E-state index contributed by atoms with van der Waals surface area (Å²) in [5.41, 5.74) is 3.14. The molecule has 2 spiro atoms. The Morgan fingerprint density at radius 2 is 1.97 bits per heavy atom. The van der Waals surface area contributed by atoms with Crippen LogP contribution in [0.3, 0.4) is 0 Å². The van der Waals surface area contributed by atoms with Crippen LogP contribution in [0, 0.1) is 5.92 Å². The fourth-order valence-corrected chi connectivity index (χ4v) is 8.49. The third-order valence-corrected chi connectivity index (χ3v) is 10.7. The Morgan fingerprint density at radius 1 is 1.05 bits per heavy atom. The molecule has 3 fully saturated rings. The number of pyridine rings is 1. The molecule has 1 aromatic carbocycles. The summed E-state index contributed by atoms with van der Waals surface area (Å²) in [5, 5.41) is 2.51. The summed E-state index contributed by atoms with van der Waals surface area (Å²) in [6, 6.07) is 9.53. The monoisotopic (exact) mass is 500 g/mol. The molecule has 6 atom stereocenters. The molecule has 7 rings (SSSR count). The van der Waals surface area contributed by atoms with Crippen LogP contribution >= 0.6 is 0 Å². The summed E-state index contributed by atoms with van der Waals surface area (Å²) >= 11 is 0. The number of nitrogens with zero attached hydrogens (tertiary/aromatic N) is 2. The van der Waals surface area contributed by atoms with Gasteiger partial charge in [0, 0.05) is 36.9 Å². The second-order valence-corrected chi connectivity index (χ2v) is 13.1. The molecule has 2 bridgehead atoms. The first-order valence-corrected chi connectivity index (χ1v) is 14.7. The third-order valence-electron chi connectivity index (χ3n) is 10.7. The van der Waals surface area contributed by atoms with Crippen LogP contribution in [-0.4, -0.2) is 45.9 Å². The second-order valence-electron chi connectivity index (χ2n) is 13.1. The Morgan fingerprint density at radius 3 is 2.84 bits per heavy atom. The van der Waals surface area contributed by atoms with Crippen molar-refractivity contribution in [3.8, 4) is 0 Å². The molecule has 1 aromatic heterocycles. The van der Waals surface area contributed by atoms with Gasteiger partial charge in [-0.3, -0.25) is 9.88 Å². The standard InChI is InChI=1S/C33H41FN2O/c1-23-6-7-24(26-9-8-25-12-16-35-21-27(25)18-26)4-3-5-29-19-28-10-11-30(36-17-15-31(2,34)22-36)20-32(28)13-14-33(23,29)37-32/h5,8-9,12,16,18-19,21,23-24,30H,3-4,6-7,10-11,13-15,17,20,22H2,1-2H3/b29-5-/t23-,24?,30?,31?,32+,33-/m0/s1. The van der Waals surface area contributed by atoms with E-state index in [2.05, 4.69) is 53.2 Å². The van der Waals surface area contributed by atoms with Gasteiger partial charge in [0.15, 0.2) is 0 Å².